The first-order chi connectivity index (χ1) is 4.86. The topological polar surface area (TPSA) is 28.7 Å². The van der Waals surface area contributed by atoms with Gasteiger partial charge in [-0.05, 0) is 18.2 Å². The van der Waals surface area contributed by atoms with E-state index in [9.17, 15) is 0 Å². The number of hydrogen-bond acceptors (Lipinski definition) is 1. The van der Waals surface area contributed by atoms with Gasteiger partial charge in [0, 0.05) is 10.4 Å². The fourth-order valence-electron chi connectivity index (χ4n) is 0.847. The quantitative estimate of drug-likeness (QED) is 0.613. The molecule has 2 rings (SSSR count). The molecule has 0 atom stereocenters. The number of fused-ring (bicyclic) bond motifs is 1. The second-order valence-electron chi connectivity index (χ2n) is 2.02. The minimum Gasteiger partial charge on any atom is -0.278 e. The number of H-pyrrole nitrogens is 1. The molecule has 0 fully saturated rings. The third-order valence-corrected chi connectivity index (χ3v) is 1.53. The molecule has 1 aromatic heterocycles. The predicted molar refractivity (Wildman–Crippen MR) is 39.9 cm³/mol. The zero-order valence-corrected chi connectivity index (χ0v) is 5.81. The van der Waals surface area contributed by atoms with E-state index in [1.807, 2.05) is 6.07 Å². The van der Waals surface area contributed by atoms with Crippen molar-refractivity contribution in [2.75, 3.05) is 0 Å². The molecular formula is C7H4ClN2. The number of rotatable bonds is 0. The zero-order valence-electron chi connectivity index (χ0n) is 5.06. The van der Waals surface area contributed by atoms with Crippen molar-refractivity contribution in [1.29, 1.82) is 0 Å². The van der Waals surface area contributed by atoms with E-state index in [1.54, 1.807) is 12.3 Å². The highest BCUT2D eigenvalue weighted by Gasteiger charge is 1.94. The minimum atomic E-state index is 0.678. The molecule has 2 nitrogen and oxygen atoms in total. The summed E-state index contributed by atoms with van der Waals surface area (Å²) in [6, 6.07) is 6.51. The van der Waals surface area contributed by atoms with Crippen LogP contribution in [0, 0.1) is 6.07 Å². The number of aromatic amines is 1. The van der Waals surface area contributed by atoms with Gasteiger partial charge in [0.1, 0.15) is 0 Å². The molecule has 0 amide bonds. The van der Waals surface area contributed by atoms with Crippen molar-refractivity contribution in [2.45, 2.75) is 0 Å². The molecule has 1 aromatic carbocycles. The number of benzene rings is 1. The van der Waals surface area contributed by atoms with Crippen molar-refractivity contribution < 1.29 is 0 Å². The molecule has 0 aliphatic heterocycles. The standard InChI is InChI=1S/C7H4ClN2/c8-6-2-1-5-4-9-10-7(5)3-6/h2-4H,(H,9,10). The maximum atomic E-state index is 5.70. The molecule has 1 heterocycles. The minimum absolute atomic E-state index is 0.678. The fraction of sp³-hybridized carbons (Fsp3) is 0. The molecule has 3 heteroatoms. The van der Waals surface area contributed by atoms with Crippen LogP contribution >= 0.6 is 11.6 Å². The largest absolute Gasteiger partial charge is 0.278 e. The second-order valence-corrected chi connectivity index (χ2v) is 2.45. The third kappa shape index (κ3) is 0.772. The molecule has 10 heavy (non-hydrogen) atoms. The number of nitrogens with one attached hydrogen (secondary N) is 1. The maximum absolute atomic E-state index is 5.70. The predicted octanol–water partition coefficient (Wildman–Crippen LogP) is 2.02. The number of aromatic nitrogens is 2. The lowest BCUT2D eigenvalue weighted by Gasteiger charge is -1.86. The molecule has 0 saturated heterocycles. The van der Waals surface area contributed by atoms with Crippen LogP contribution in [0.15, 0.2) is 18.3 Å². The van der Waals surface area contributed by atoms with Crippen LogP contribution in [-0.4, -0.2) is 10.2 Å². The van der Waals surface area contributed by atoms with Gasteiger partial charge in [0.2, 0.25) is 0 Å². The van der Waals surface area contributed by atoms with Gasteiger partial charge in [-0.15, -0.1) is 0 Å². The van der Waals surface area contributed by atoms with Crippen molar-refractivity contribution >= 4 is 22.5 Å². The summed E-state index contributed by atoms with van der Waals surface area (Å²) < 4.78 is 0. The van der Waals surface area contributed by atoms with Crippen LogP contribution in [0.5, 0.6) is 0 Å². The van der Waals surface area contributed by atoms with Crippen LogP contribution in [0.1, 0.15) is 0 Å². The van der Waals surface area contributed by atoms with Crippen LogP contribution < -0.4 is 0 Å². The highest BCUT2D eigenvalue weighted by atomic mass is 35.5. The first kappa shape index (κ1) is 5.74. The molecule has 0 saturated carbocycles. The Morgan fingerprint density at radius 1 is 1.60 bits per heavy atom. The SMILES string of the molecule is Clc1c[c]c2cn[nH]c2c1. The summed E-state index contributed by atoms with van der Waals surface area (Å²) in [5.74, 6) is 0. The lowest BCUT2D eigenvalue weighted by molar-refractivity contribution is 1.12. The van der Waals surface area contributed by atoms with E-state index >= 15 is 0 Å². The van der Waals surface area contributed by atoms with Crippen molar-refractivity contribution in [2.24, 2.45) is 0 Å². The summed E-state index contributed by atoms with van der Waals surface area (Å²) in [5.41, 5.74) is 0.924. The Labute approximate surface area is 62.8 Å². The maximum Gasteiger partial charge on any atom is 0.0671 e. The fourth-order valence-corrected chi connectivity index (χ4v) is 1.01. The molecule has 1 N–H and O–H groups in total. The van der Waals surface area contributed by atoms with Crippen LogP contribution in [-0.2, 0) is 0 Å². The molecule has 0 unspecified atom stereocenters. The van der Waals surface area contributed by atoms with E-state index in [4.69, 9.17) is 11.6 Å². The van der Waals surface area contributed by atoms with E-state index in [0.717, 1.165) is 10.9 Å². The van der Waals surface area contributed by atoms with Crippen LogP contribution in [0.3, 0.4) is 0 Å². The molecule has 0 spiro atoms. The second kappa shape index (κ2) is 1.99. The van der Waals surface area contributed by atoms with E-state index < -0.39 is 0 Å². The van der Waals surface area contributed by atoms with Crippen molar-refractivity contribution in [3.05, 3.63) is 29.4 Å². The summed E-state index contributed by atoms with van der Waals surface area (Å²) >= 11 is 5.70. The number of hydrogen-bond donors (Lipinski definition) is 1. The van der Waals surface area contributed by atoms with Gasteiger partial charge >= 0.3 is 0 Å². The van der Waals surface area contributed by atoms with Gasteiger partial charge in [0.25, 0.3) is 0 Å². The Hall–Kier alpha value is -1.02. The highest BCUT2D eigenvalue weighted by Crippen LogP contribution is 2.15. The number of halogens is 1. The van der Waals surface area contributed by atoms with Crippen molar-refractivity contribution in [1.82, 2.24) is 10.2 Å². The lowest BCUT2D eigenvalue weighted by Crippen LogP contribution is -1.67. The Kier molecular flexibility index (Phi) is 1.14. The summed E-state index contributed by atoms with van der Waals surface area (Å²) in [5, 5.41) is 8.26. The van der Waals surface area contributed by atoms with Gasteiger partial charge < -0.3 is 0 Å². The first-order valence-corrected chi connectivity index (χ1v) is 3.24. The van der Waals surface area contributed by atoms with E-state index in [2.05, 4.69) is 16.3 Å². The van der Waals surface area contributed by atoms with Gasteiger partial charge in [-0.3, -0.25) is 5.10 Å². The molecule has 49 valence electrons. The normalized spacial score (nSPS) is 10.5. The van der Waals surface area contributed by atoms with Crippen LogP contribution in [0.4, 0.5) is 0 Å². The molecule has 1 radical (unpaired) electrons. The average molecular weight is 152 g/mol. The summed E-state index contributed by atoms with van der Waals surface area (Å²) in [7, 11) is 0. The smallest absolute Gasteiger partial charge is 0.0671 e. The molecule has 2 aromatic rings. The van der Waals surface area contributed by atoms with Crippen LogP contribution in [0.25, 0.3) is 10.9 Å². The van der Waals surface area contributed by atoms with Gasteiger partial charge in [-0.25, -0.2) is 0 Å². The Balaban J connectivity index is 2.86. The Morgan fingerprint density at radius 3 is 3.40 bits per heavy atom. The van der Waals surface area contributed by atoms with Gasteiger partial charge in [0.15, 0.2) is 0 Å². The first-order valence-electron chi connectivity index (χ1n) is 2.86. The average Bonchev–Trinajstić information content (AvgIpc) is 2.33. The number of nitrogens with zero attached hydrogens (tertiary/aromatic N) is 1. The third-order valence-electron chi connectivity index (χ3n) is 1.32. The summed E-state index contributed by atoms with van der Waals surface area (Å²) in [6.07, 6.45) is 1.71. The Bertz CT molecular complexity index is 353. The monoisotopic (exact) mass is 151 g/mol. The summed E-state index contributed by atoms with van der Waals surface area (Å²) in [6.45, 7) is 0. The van der Waals surface area contributed by atoms with E-state index in [0.29, 0.717) is 5.02 Å². The highest BCUT2D eigenvalue weighted by molar-refractivity contribution is 6.31. The van der Waals surface area contributed by atoms with E-state index in [1.165, 1.54) is 0 Å². The molecule has 0 bridgehead atoms. The lowest BCUT2D eigenvalue weighted by atomic mass is 10.3. The molecular weight excluding hydrogens is 148 g/mol. The van der Waals surface area contributed by atoms with E-state index in [-0.39, 0.29) is 0 Å². The Morgan fingerprint density at radius 2 is 2.50 bits per heavy atom. The molecule has 0 aliphatic rings. The molecule has 0 aliphatic carbocycles. The van der Waals surface area contributed by atoms with Gasteiger partial charge in [0.05, 0.1) is 11.7 Å². The van der Waals surface area contributed by atoms with Crippen molar-refractivity contribution in [3.8, 4) is 0 Å². The van der Waals surface area contributed by atoms with Gasteiger partial charge in [-0.2, -0.15) is 5.10 Å². The van der Waals surface area contributed by atoms with Gasteiger partial charge in [-0.1, -0.05) is 11.6 Å². The zero-order chi connectivity index (χ0) is 6.97. The van der Waals surface area contributed by atoms with Crippen molar-refractivity contribution in [3.63, 3.8) is 0 Å². The summed E-state index contributed by atoms with van der Waals surface area (Å²) in [4.78, 5) is 0. The van der Waals surface area contributed by atoms with Crippen LogP contribution in [0.2, 0.25) is 5.02 Å².